The lowest BCUT2D eigenvalue weighted by molar-refractivity contribution is 0.749. The van der Waals surface area contributed by atoms with E-state index < -0.39 is 0 Å². The number of thioether (sulfide) groups is 1. The third kappa shape index (κ3) is 5.10. The van der Waals surface area contributed by atoms with Crippen molar-refractivity contribution in [3.05, 3.63) is 6.33 Å². The molecule has 1 rings (SSSR count). The summed E-state index contributed by atoms with van der Waals surface area (Å²) in [5.41, 5.74) is 0. The zero-order chi connectivity index (χ0) is 9.36. The first kappa shape index (κ1) is 10.8. The van der Waals surface area contributed by atoms with Gasteiger partial charge in [-0.25, -0.2) is 4.98 Å². The van der Waals surface area contributed by atoms with Crippen molar-refractivity contribution < 1.29 is 0 Å². The SMILES string of the molecule is CSCCCCCNc1ncns1. The van der Waals surface area contributed by atoms with E-state index in [0.29, 0.717) is 0 Å². The van der Waals surface area contributed by atoms with E-state index in [0.717, 1.165) is 11.7 Å². The van der Waals surface area contributed by atoms with Crippen LogP contribution in [0.15, 0.2) is 6.33 Å². The number of nitrogens with zero attached hydrogens (tertiary/aromatic N) is 2. The Morgan fingerprint density at radius 1 is 1.46 bits per heavy atom. The van der Waals surface area contributed by atoms with Gasteiger partial charge in [0.25, 0.3) is 0 Å². The molecule has 0 saturated heterocycles. The Labute approximate surface area is 87.5 Å². The van der Waals surface area contributed by atoms with Crippen LogP contribution in [0.5, 0.6) is 0 Å². The maximum Gasteiger partial charge on any atom is 0.202 e. The summed E-state index contributed by atoms with van der Waals surface area (Å²) in [6.07, 6.45) is 7.58. The molecule has 0 spiro atoms. The topological polar surface area (TPSA) is 37.8 Å². The van der Waals surface area contributed by atoms with Gasteiger partial charge in [-0.15, -0.1) is 0 Å². The lowest BCUT2D eigenvalue weighted by Crippen LogP contribution is -2.00. The monoisotopic (exact) mass is 217 g/mol. The quantitative estimate of drug-likeness (QED) is 0.712. The van der Waals surface area contributed by atoms with Crippen LogP contribution in [0.2, 0.25) is 0 Å². The molecular weight excluding hydrogens is 202 g/mol. The third-order valence-corrected chi connectivity index (χ3v) is 2.98. The maximum absolute atomic E-state index is 4.04. The Hall–Kier alpha value is -0.290. The van der Waals surface area contributed by atoms with Crippen LogP contribution in [0.4, 0.5) is 5.13 Å². The standard InChI is InChI=1S/C8H15N3S2/c1-12-6-4-2-3-5-9-8-10-7-11-13-8/h7H,2-6H2,1H3,(H,9,10,11). The molecule has 1 aromatic rings. The highest BCUT2D eigenvalue weighted by molar-refractivity contribution is 7.98. The summed E-state index contributed by atoms with van der Waals surface area (Å²) in [5, 5.41) is 4.17. The number of rotatable bonds is 7. The van der Waals surface area contributed by atoms with Crippen LogP contribution < -0.4 is 5.32 Å². The van der Waals surface area contributed by atoms with Crippen LogP contribution in [0, 0.1) is 0 Å². The minimum atomic E-state index is 0.935. The molecule has 0 aliphatic heterocycles. The van der Waals surface area contributed by atoms with Gasteiger partial charge in [-0.05, 0) is 24.9 Å². The summed E-state index contributed by atoms with van der Waals surface area (Å²) >= 11 is 3.33. The number of anilines is 1. The molecule has 5 heteroatoms. The molecule has 1 N–H and O–H groups in total. The minimum Gasteiger partial charge on any atom is -0.360 e. The van der Waals surface area contributed by atoms with E-state index in [-0.39, 0.29) is 0 Å². The highest BCUT2D eigenvalue weighted by Crippen LogP contribution is 2.07. The zero-order valence-electron chi connectivity index (χ0n) is 7.82. The Balaban J connectivity index is 1.90. The van der Waals surface area contributed by atoms with Gasteiger partial charge in [0, 0.05) is 18.1 Å². The van der Waals surface area contributed by atoms with E-state index >= 15 is 0 Å². The zero-order valence-corrected chi connectivity index (χ0v) is 9.46. The maximum atomic E-state index is 4.04. The van der Waals surface area contributed by atoms with Gasteiger partial charge < -0.3 is 5.32 Å². The summed E-state index contributed by atoms with van der Waals surface area (Å²) in [6, 6.07) is 0. The van der Waals surface area contributed by atoms with Crippen molar-refractivity contribution in [2.75, 3.05) is 23.9 Å². The molecule has 0 aliphatic rings. The van der Waals surface area contributed by atoms with Crippen LogP contribution in [0.25, 0.3) is 0 Å². The van der Waals surface area contributed by atoms with E-state index in [4.69, 9.17) is 0 Å². The van der Waals surface area contributed by atoms with Gasteiger partial charge in [-0.2, -0.15) is 16.1 Å². The van der Waals surface area contributed by atoms with E-state index in [1.54, 1.807) is 6.33 Å². The molecule has 0 amide bonds. The first-order valence-corrected chi connectivity index (χ1v) is 6.59. The fourth-order valence-electron chi connectivity index (χ4n) is 0.994. The fraction of sp³-hybridized carbons (Fsp3) is 0.750. The van der Waals surface area contributed by atoms with Crippen LogP contribution in [0.1, 0.15) is 19.3 Å². The molecule has 3 nitrogen and oxygen atoms in total. The number of hydrogen-bond donors (Lipinski definition) is 1. The van der Waals surface area contributed by atoms with Gasteiger partial charge in [0.05, 0.1) is 0 Å². The molecule has 0 radical (unpaired) electrons. The van der Waals surface area contributed by atoms with Crippen molar-refractivity contribution in [3.63, 3.8) is 0 Å². The molecule has 0 bridgehead atoms. The smallest absolute Gasteiger partial charge is 0.202 e. The van der Waals surface area contributed by atoms with Gasteiger partial charge >= 0.3 is 0 Å². The Morgan fingerprint density at radius 3 is 3.08 bits per heavy atom. The van der Waals surface area contributed by atoms with E-state index in [1.807, 2.05) is 11.8 Å². The van der Waals surface area contributed by atoms with Crippen molar-refractivity contribution in [2.45, 2.75) is 19.3 Å². The van der Waals surface area contributed by atoms with Gasteiger partial charge in [0.1, 0.15) is 6.33 Å². The van der Waals surface area contributed by atoms with Crippen LogP contribution in [-0.2, 0) is 0 Å². The second-order valence-corrected chi connectivity index (χ2v) is 4.49. The molecule has 0 fully saturated rings. The Kier molecular flexibility index (Phi) is 5.93. The summed E-state index contributed by atoms with van der Waals surface area (Å²) in [5.74, 6) is 1.28. The van der Waals surface area contributed by atoms with E-state index in [1.165, 1.54) is 36.5 Å². The van der Waals surface area contributed by atoms with Gasteiger partial charge in [-0.3, -0.25) is 0 Å². The Morgan fingerprint density at radius 2 is 2.38 bits per heavy atom. The van der Waals surface area contributed by atoms with Gasteiger partial charge in [-0.1, -0.05) is 6.42 Å². The van der Waals surface area contributed by atoms with E-state index in [2.05, 4.69) is 20.9 Å². The van der Waals surface area contributed by atoms with Gasteiger partial charge in [0.15, 0.2) is 0 Å². The number of aromatic nitrogens is 2. The lowest BCUT2D eigenvalue weighted by Gasteiger charge is -2.00. The summed E-state index contributed by atoms with van der Waals surface area (Å²) in [6.45, 7) is 1.02. The summed E-state index contributed by atoms with van der Waals surface area (Å²) < 4.78 is 3.92. The lowest BCUT2D eigenvalue weighted by atomic mass is 10.2. The van der Waals surface area contributed by atoms with Crippen molar-refractivity contribution >= 4 is 28.4 Å². The fourth-order valence-corrected chi connectivity index (χ4v) is 1.94. The average Bonchev–Trinajstić information content (AvgIpc) is 2.63. The second kappa shape index (κ2) is 7.15. The minimum absolute atomic E-state index is 0.935. The molecule has 1 heterocycles. The van der Waals surface area contributed by atoms with Crippen LogP contribution in [-0.4, -0.2) is 27.9 Å². The van der Waals surface area contributed by atoms with Crippen molar-refractivity contribution in [1.29, 1.82) is 0 Å². The molecule has 0 aromatic carbocycles. The van der Waals surface area contributed by atoms with Crippen molar-refractivity contribution in [1.82, 2.24) is 9.36 Å². The number of unbranched alkanes of at least 4 members (excludes halogenated alkanes) is 2. The molecule has 1 aromatic heterocycles. The number of hydrogen-bond acceptors (Lipinski definition) is 5. The van der Waals surface area contributed by atoms with Crippen LogP contribution in [0.3, 0.4) is 0 Å². The summed E-state index contributed by atoms with van der Waals surface area (Å²) in [7, 11) is 0. The predicted molar refractivity (Wildman–Crippen MR) is 60.6 cm³/mol. The first-order chi connectivity index (χ1) is 6.43. The largest absolute Gasteiger partial charge is 0.360 e. The van der Waals surface area contributed by atoms with Crippen molar-refractivity contribution in [2.24, 2.45) is 0 Å². The molecule has 0 atom stereocenters. The van der Waals surface area contributed by atoms with Crippen LogP contribution >= 0.6 is 23.3 Å². The van der Waals surface area contributed by atoms with Gasteiger partial charge in [0.2, 0.25) is 5.13 Å². The normalized spacial score (nSPS) is 10.2. The van der Waals surface area contributed by atoms with E-state index in [9.17, 15) is 0 Å². The second-order valence-electron chi connectivity index (χ2n) is 2.73. The molecule has 0 saturated carbocycles. The van der Waals surface area contributed by atoms with Crippen molar-refractivity contribution in [3.8, 4) is 0 Å². The molecule has 13 heavy (non-hydrogen) atoms. The molecule has 0 unspecified atom stereocenters. The summed E-state index contributed by atoms with van der Waals surface area (Å²) in [4.78, 5) is 4.04. The third-order valence-electron chi connectivity index (χ3n) is 1.66. The molecule has 0 aliphatic carbocycles. The number of nitrogens with one attached hydrogen (secondary N) is 1. The Bertz CT molecular complexity index is 201. The first-order valence-electron chi connectivity index (χ1n) is 4.43. The highest BCUT2D eigenvalue weighted by Gasteiger charge is 1.93. The highest BCUT2D eigenvalue weighted by atomic mass is 32.2. The average molecular weight is 217 g/mol. The molecular formula is C8H15N3S2. The molecule has 74 valence electrons. The predicted octanol–water partition coefficient (Wildman–Crippen LogP) is 2.48.